The highest BCUT2D eigenvalue weighted by atomic mass is 79.9. The van der Waals surface area contributed by atoms with Crippen LogP contribution in [0, 0.1) is 0 Å². The first-order chi connectivity index (χ1) is 7.10. The quantitative estimate of drug-likeness (QED) is 0.669. The zero-order chi connectivity index (χ0) is 11.4. The zero-order valence-electron chi connectivity index (χ0n) is 9.67. The molecule has 0 aliphatic carbocycles. The Balaban J connectivity index is 3.09. The van der Waals surface area contributed by atoms with Crippen LogP contribution in [0.5, 0.6) is 5.75 Å². The van der Waals surface area contributed by atoms with E-state index in [1.54, 1.807) is 7.11 Å². The van der Waals surface area contributed by atoms with Crippen molar-refractivity contribution in [3.05, 3.63) is 29.3 Å². The molecule has 1 aromatic rings. The van der Waals surface area contributed by atoms with Gasteiger partial charge in [0.2, 0.25) is 0 Å². The Morgan fingerprint density at radius 2 is 2.00 bits per heavy atom. The summed E-state index contributed by atoms with van der Waals surface area (Å²) < 4.78 is 5.39. The van der Waals surface area contributed by atoms with Crippen molar-refractivity contribution < 1.29 is 4.74 Å². The molecule has 0 aromatic heterocycles. The highest BCUT2D eigenvalue weighted by Crippen LogP contribution is 2.31. The van der Waals surface area contributed by atoms with Crippen molar-refractivity contribution in [3.63, 3.8) is 0 Å². The van der Waals surface area contributed by atoms with E-state index in [0.29, 0.717) is 5.92 Å². The number of ether oxygens (including phenoxy) is 1. The van der Waals surface area contributed by atoms with Gasteiger partial charge in [-0.1, -0.05) is 41.9 Å². The van der Waals surface area contributed by atoms with Gasteiger partial charge in [-0.05, 0) is 24.6 Å². The Bertz CT molecular complexity index is 325. The number of alkyl halides is 1. The smallest absolute Gasteiger partial charge is 0.124 e. The summed E-state index contributed by atoms with van der Waals surface area (Å²) in [5.74, 6) is 1.45. The third-order valence-electron chi connectivity index (χ3n) is 2.45. The summed E-state index contributed by atoms with van der Waals surface area (Å²) in [6.07, 6.45) is 0. The van der Waals surface area contributed by atoms with E-state index in [0.717, 1.165) is 11.3 Å². The van der Waals surface area contributed by atoms with E-state index in [4.69, 9.17) is 4.74 Å². The molecular weight excluding hydrogens is 254 g/mol. The maximum atomic E-state index is 5.39. The monoisotopic (exact) mass is 271 g/mol. The van der Waals surface area contributed by atoms with E-state index >= 15 is 0 Å². The molecule has 0 aliphatic heterocycles. The van der Waals surface area contributed by atoms with Crippen LogP contribution >= 0.6 is 15.9 Å². The van der Waals surface area contributed by atoms with E-state index < -0.39 is 0 Å². The fourth-order valence-corrected chi connectivity index (χ4v) is 1.83. The van der Waals surface area contributed by atoms with Crippen LogP contribution in [0.2, 0.25) is 0 Å². The minimum Gasteiger partial charge on any atom is -0.496 e. The van der Waals surface area contributed by atoms with E-state index in [1.165, 1.54) is 5.56 Å². The van der Waals surface area contributed by atoms with Crippen LogP contribution in [0.25, 0.3) is 0 Å². The molecule has 1 unspecified atom stereocenters. The Labute approximate surface area is 100 Å². The molecule has 0 fully saturated rings. The molecule has 1 atom stereocenters. The summed E-state index contributed by atoms with van der Waals surface area (Å²) in [5.41, 5.74) is 2.43. The highest BCUT2D eigenvalue weighted by Gasteiger charge is 2.12. The lowest BCUT2D eigenvalue weighted by atomic mass is 10.0. The molecule has 2 nitrogen and oxygen atoms in total. The Morgan fingerprint density at radius 1 is 1.33 bits per heavy atom. The molecule has 0 spiro atoms. The maximum Gasteiger partial charge on any atom is 0.124 e. The Kier molecular flexibility index (Phi) is 4.61. The van der Waals surface area contributed by atoms with Crippen LogP contribution in [0.3, 0.4) is 0 Å². The second-order valence-electron chi connectivity index (χ2n) is 3.81. The van der Waals surface area contributed by atoms with Crippen LogP contribution in [0.1, 0.15) is 35.8 Å². The molecule has 0 radical (unpaired) electrons. The maximum absolute atomic E-state index is 5.39. The summed E-state index contributed by atoms with van der Waals surface area (Å²) in [6.45, 7) is 4.36. The molecule has 15 heavy (non-hydrogen) atoms. The lowest BCUT2D eigenvalue weighted by molar-refractivity contribution is 0.407. The van der Waals surface area contributed by atoms with Crippen LogP contribution in [0.15, 0.2) is 18.2 Å². The molecule has 0 aliphatic rings. The van der Waals surface area contributed by atoms with Gasteiger partial charge in [0.1, 0.15) is 5.75 Å². The average molecular weight is 272 g/mol. The van der Waals surface area contributed by atoms with Gasteiger partial charge in [-0.2, -0.15) is 0 Å². The van der Waals surface area contributed by atoms with Crippen LogP contribution in [-0.2, 0) is 0 Å². The Morgan fingerprint density at radius 3 is 2.47 bits per heavy atom. The number of rotatable bonds is 4. The fraction of sp³-hybridized carbons (Fsp3) is 0.500. The number of halogens is 1. The highest BCUT2D eigenvalue weighted by molar-refractivity contribution is 9.09. The van der Waals surface area contributed by atoms with E-state index in [-0.39, 0.29) is 4.95 Å². The van der Waals surface area contributed by atoms with E-state index in [9.17, 15) is 0 Å². The van der Waals surface area contributed by atoms with Gasteiger partial charge >= 0.3 is 0 Å². The summed E-state index contributed by atoms with van der Waals surface area (Å²) in [5, 5.41) is 3.14. The fourth-order valence-electron chi connectivity index (χ4n) is 1.45. The van der Waals surface area contributed by atoms with Crippen molar-refractivity contribution in [3.8, 4) is 5.75 Å². The standard InChI is InChI=1S/C12H18BrNO/c1-8(2)9-5-6-10(12(13)14-3)11(7-9)15-4/h5-8,12,14H,1-4H3. The molecule has 0 saturated heterocycles. The predicted molar refractivity (Wildman–Crippen MR) is 67.8 cm³/mol. The predicted octanol–water partition coefficient (Wildman–Crippen LogP) is 3.43. The molecule has 1 rings (SSSR count). The minimum absolute atomic E-state index is 0.133. The molecule has 1 N–H and O–H groups in total. The van der Waals surface area contributed by atoms with E-state index in [2.05, 4.69) is 53.3 Å². The van der Waals surface area contributed by atoms with Gasteiger partial charge in [0.05, 0.1) is 12.1 Å². The second-order valence-corrected chi connectivity index (χ2v) is 4.72. The lowest BCUT2D eigenvalue weighted by Gasteiger charge is -2.16. The number of hydrogen-bond donors (Lipinski definition) is 1. The summed E-state index contributed by atoms with van der Waals surface area (Å²) in [4.78, 5) is 0.133. The van der Waals surface area contributed by atoms with Gasteiger partial charge < -0.3 is 10.1 Å². The first kappa shape index (κ1) is 12.5. The average Bonchev–Trinajstić information content (AvgIpc) is 2.27. The van der Waals surface area contributed by atoms with Gasteiger partial charge in [0.15, 0.2) is 0 Å². The van der Waals surface area contributed by atoms with Crippen molar-refractivity contribution in [2.45, 2.75) is 24.7 Å². The summed E-state index contributed by atoms with van der Waals surface area (Å²) in [7, 11) is 3.62. The third-order valence-corrected chi connectivity index (χ3v) is 3.40. The van der Waals surface area contributed by atoms with Crippen LogP contribution in [-0.4, -0.2) is 14.2 Å². The minimum atomic E-state index is 0.133. The third kappa shape index (κ3) is 2.95. The lowest BCUT2D eigenvalue weighted by Crippen LogP contribution is -2.10. The molecule has 0 heterocycles. The van der Waals surface area contributed by atoms with Gasteiger partial charge in [-0.15, -0.1) is 0 Å². The number of nitrogens with one attached hydrogen (secondary N) is 1. The number of methoxy groups -OCH3 is 1. The van der Waals surface area contributed by atoms with Crippen LogP contribution in [0.4, 0.5) is 0 Å². The van der Waals surface area contributed by atoms with Gasteiger partial charge in [0, 0.05) is 5.56 Å². The molecule has 84 valence electrons. The van der Waals surface area contributed by atoms with Crippen molar-refractivity contribution >= 4 is 15.9 Å². The Hall–Kier alpha value is -0.540. The SMILES string of the molecule is CNC(Br)c1ccc(C(C)C)cc1OC. The molecule has 0 saturated carbocycles. The van der Waals surface area contributed by atoms with Crippen molar-refractivity contribution in [2.24, 2.45) is 0 Å². The first-order valence-electron chi connectivity index (χ1n) is 5.09. The number of hydrogen-bond acceptors (Lipinski definition) is 2. The van der Waals surface area contributed by atoms with Gasteiger partial charge in [-0.25, -0.2) is 0 Å². The molecule has 0 bridgehead atoms. The second kappa shape index (κ2) is 5.52. The van der Waals surface area contributed by atoms with Crippen molar-refractivity contribution in [1.82, 2.24) is 5.32 Å². The molecule has 1 aromatic carbocycles. The molecule has 3 heteroatoms. The largest absolute Gasteiger partial charge is 0.496 e. The molecular formula is C12H18BrNO. The van der Waals surface area contributed by atoms with Crippen molar-refractivity contribution in [1.29, 1.82) is 0 Å². The number of benzene rings is 1. The van der Waals surface area contributed by atoms with E-state index in [1.807, 2.05) is 7.05 Å². The normalized spacial score (nSPS) is 12.9. The summed E-state index contributed by atoms with van der Waals surface area (Å²) in [6, 6.07) is 6.35. The first-order valence-corrected chi connectivity index (χ1v) is 6.01. The molecule has 0 amide bonds. The van der Waals surface area contributed by atoms with Gasteiger partial charge in [0.25, 0.3) is 0 Å². The van der Waals surface area contributed by atoms with Crippen LogP contribution < -0.4 is 10.1 Å². The van der Waals surface area contributed by atoms with Gasteiger partial charge in [-0.3, -0.25) is 0 Å². The topological polar surface area (TPSA) is 21.3 Å². The summed E-state index contributed by atoms with van der Waals surface area (Å²) >= 11 is 3.55. The zero-order valence-corrected chi connectivity index (χ0v) is 11.3. The van der Waals surface area contributed by atoms with Crippen molar-refractivity contribution in [2.75, 3.05) is 14.2 Å².